The van der Waals surface area contributed by atoms with Crippen LogP contribution in [0.2, 0.25) is 10.0 Å². The summed E-state index contributed by atoms with van der Waals surface area (Å²) in [5.74, 6) is -0.0918. The Labute approximate surface area is 196 Å². The van der Waals surface area contributed by atoms with Crippen LogP contribution in [0.3, 0.4) is 0 Å². The van der Waals surface area contributed by atoms with Crippen LogP contribution in [0.15, 0.2) is 36.4 Å². The largest absolute Gasteiger partial charge is 0.377 e. The van der Waals surface area contributed by atoms with E-state index in [1.54, 1.807) is 29.2 Å². The lowest BCUT2D eigenvalue weighted by molar-refractivity contribution is -0.383. The molecule has 2 aliphatic rings. The minimum atomic E-state index is -0.379. The van der Waals surface area contributed by atoms with Crippen molar-refractivity contribution in [1.29, 1.82) is 0 Å². The first-order valence-corrected chi connectivity index (χ1v) is 11.3. The number of nitro benzene ring substituents is 1. The van der Waals surface area contributed by atoms with Crippen molar-refractivity contribution >= 4 is 46.2 Å². The van der Waals surface area contributed by atoms with Crippen molar-refractivity contribution in [3.8, 4) is 0 Å². The number of rotatable bonds is 6. The highest BCUT2D eigenvalue weighted by Crippen LogP contribution is 2.31. The molecule has 0 radical (unpaired) electrons. The molecule has 0 spiro atoms. The van der Waals surface area contributed by atoms with Crippen LogP contribution in [0.5, 0.6) is 0 Å². The highest BCUT2D eigenvalue weighted by molar-refractivity contribution is 6.42. The van der Waals surface area contributed by atoms with Gasteiger partial charge in [0, 0.05) is 56.6 Å². The van der Waals surface area contributed by atoms with E-state index in [1.165, 1.54) is 6.07 Å². The summed E-state index contributed by atoms with van der Waals surface area (Å²) in [7, 11) is 0. The predicted molar refractivity (Wildman–Crippen MR) is 125 cm³/mol. The minimum absolute atomic E-state index is 0.0418. The SMILES string of the molecule is O=C(c1ccc(Cl)c(Cl)c1)N1CCN(c2ccc([N+](=O)[O-])c(NC[C@@H]3CCCO3)c2)CC1. The average Bonchev–Trinajstić information content (AvgIpc) is 3.32. The van der Waals surface area contributed by atoms with Gasteiger partial charge in [0.25, 0.3) is 11.6 Å². The summed E-state index contributed by atoms with van der Waals surface area (Å²) >= 11 is 12.0. The quantitative estimate of drug-likeness (QED) is 0.487. The number of nitrogens with one attached hydrogen (secondary N) is 1. The standard InChI is InChI=1S/C22H24Cl2N4O4/c23-18-5-3-15(12-19(18)24)22(29)27-9-7-26(8-10-27)16-4-6-21(28(30)31)20(13-16)25-14-17-2-1-11-32-17/h3-6,12-13,17,25H,1-2,7-11,14H2/t17-/m0/s1. The molecule has 8 nitrogen and oxygen atoms in total. The highest BCUT2D eigenvalue weighted by Gasteiger charge is 2.25. The van der Waals surface area contributed by atoms with Crippen LogP contribution in [0, 0.1) is 10.1 Å². The van der Waals surface area contributed by atoms with E-state index in [-0.39, 0.29) is 22.6 Å². The van der Waals surface area contributed by atoms with Gasteiger partial charge in [-0.05, 0) is 43.2 Å². The van der Waals surface area contributed by atoms with E-state index >= 15 is 0 Å². The number of nitrogens with zero attached hydrogens (tertiary/aromatic N) is 3. The summed E-state index contributed by atoms with van der Waals surface area (Å²) in [6.07, 6.45) is 2.05. The van der Waals surface area contributed by atoms with Crippen molar-refractivity contribution in [2.75, 3.05) is 49.5 Å². The highest BCUT2D eigenvalue weighted by atomic mass is 35.5. The third kappa shape index (κ3) is 5.09. The van der Waals surface area contributed by atoms with Gasteiger partial charge in [0.2, 0.25) is 0 Å². The van der Waals surface area contributed by atoms with Crippen molar-refractivity contribution < 1.29 is 14.5 Å². The predicted octanol–water partition coefficient (Wildman–Crippen LogP) is 4.45. The Balaban J connectivity index is 1.42. The summed E-state index contributed by atoms with van der Waals surface area (Å²) in [5, 5.41) is 15.4. The topological polar surface area (TPSA) is 88.0 Å². The molecule has 2 aliphatic heterocycles. The summed E-state index contributed by atoms with van der Waals surface area (Å²) in [4.78, 5) is 27.8. The number of carbonyl (C=O) groups is 1. The van der Waals surface area contributed by atoms with Crippen molar-refractivity contribution in [3.63, 3.8) is 0 Å². The number of hydrogen-bond acceptors (Lipinski definition) is 6. The summed E-state index contributed by atoms with van der Waals surface area (Å²) < 4.78 is 5.61. The Morgan fingerprint density at radius 2 is 1.91 bits per heavy atom. The first-order valence-electron chi connectivity index (χ1n) is 10.6. The Morgan fingerprint density at radius 1 is 1.12 bits per heavy atom. The van der Waals surface area contributed by atoms with Gasteiger partial charge >= 0.3 is 0 Å². The van der Waals surface area contributed by atoms with Crippen LogP contribution in [0.25, 0.3) is 0 Å². The first kappa shape index (κ1) is 22.6. The van der Waals surface area contributed by atoms with E-state index in [2.05, 4.69) is 10.2 Å². The normalized spacial score (nSPS) is 18.6. The van der Waals surface area contributed by atoms with Crippen molar-refractivity contribution in [1.82, 2.24) is 4.90 Å². The molecule has 2 fully saturated rings. The van der Waals surface area contributed by atoms with Crippen molar-refractivity contribution in [2.24, 2.45) is 0 Å². The number of nitro groups is 1. The third-order valence-corrected chi connectivity index (χ3v) is 6.56. The molecule has 1 amide bonds. The lowest BCUT2D eigenvalue weighted by Crippen LogP contribution is -2.48. The van der Waals surface area contributed by atoms with Crippen LogP contribution in [0.1, 0.15) is 23.2 Å². The molecule has 2 aromatic carbocycles. The summed E-state index contributed by atoms with van der Waals surface area (Å²) in [6, 6.07) is 9.97. The van der Waals surface area contributed by atoms with Gasteiger partial charge in [0.15, 0.2) is 0 Å². The monoisotopic (exact) mass is 478 g/mol. The van der Waals surface area contributed by atoms with Crippen LogP contribution >= 0.6 is 23.2 Å². The van der Waals surface area contributed by atoms with E-state index in [9.17, 15) is 14.9 Å². The number of carbonyl (C=O) groups excluding carboxylic acids is 1. The molecule has 0 bridgehead atoms. The maximum Gasteiger partial charge on any atom is 0.292 e. The number of anilines is 2. The Kier molecular flexibility index (Phi) is 7.03. The molecule has 1 atom stereocenters. The molecule has 32 heavy (non-hydrogen) atoms. The molecule has 1 N–H and O–H groups in total. The van der Waals surface area contributed by atoms with Gasteiger partial charge < -0.3 is 19.9 Å². The molecule has 0 unspecified atom stereocenters. The molecule has 10 heteroatoms. The average molecular weight is 479 g/mol. The number of amides is 1. The Hall–Kier alpha value is -2.55. The molecule has 0 aliphatic carbocycles. The first-order chi connectivity index (χ1) is 15.4. The summed E-state index contributed by atoms with van der Waals surface area (Å²) in [6.45, 7) is 3.59. The van der Waals surface area contributed by atoms with Gasteiger partial charge in [-0.3, -0.25) is 14.9 Å². The zero-order valence-electron chi connectivity index (χ0n) is 17.4. The number of ether oxygens (including phenoxy) is 1. The third-order valence-electron chi connectivity index (χ3n) is 5.82. The molecular formula is C22H24Cl2N4O4. The van der Waals surface area contributed by atoms with E-state index in [0.717, 1.165) is 25.1 Å². The zero-order chi connectivity index (χ0) is 22.7. The van der Waals surface area contributed by atoms with Gasteiger partial charge in [-0.25, -0.2) is 0 Å². The van der Waals surface area contributed by atoms with Crippen LogP contribution in [-0.2, 0) is 4.74 Å². The number of benzene rings is 2. The molecule has 0 saturated carbocycles. The number of piperazine rings is 1. The molecule has 2 saturated heterocycles. The zero-order valence-corrected chi connectivity index (χ0v) is 18.9. The second kappa shape index (κ2) is 9.94. The van der Waals surface area contributed by atoms with E-state index in [1.807, 2.05) is 6.07 Å². The molecule has 4 rings (SSSR count). The maximum absolute atomic E-state index is 12.8. The van der Waals surface area contributed by atoms with Crippen molar-refractivity contribution in [2.45, 2.75) is 18.9 Å². The minimum Gasteiger partial charge on any atom is -0.377 e. The van der Waals surface area contributed by atoms with Gasteiger partial charge in [-0.2, -0.15) is 0 Å². The lowest BCUT2D eigenvalue weighted by atomic mass is 10.1. The fourth-order valence-corrected chi connectivity index (χ4v) is 4.33. The van der Waals surface area contributed by atoms with Crippen LogP contribution in [0.4, 0.5) is 17.1 Å². The Morgan fingerprint density at radius 3 is 2.56 bits per heavy atom. The molecule has 170 valence electrons. The fourth-order valence-electron chi connectivity index (χ4n) is 4.03. The fraction of sp³-hybridized carbons (Fsp3) is 0.409. The number of halogens is 2. The van der Waals surface area contributed by atoms with Gasteiger partial charge in [0.1, 0.15) is 5.69 Å². The maximum atomic E-state index is 12.8. The van der Waals surface area contributed by atoms with Gasteiger partial charge in [-0.15, -0.1) is 0 Å². The molecule has 2 aromatic rings. The van der Waals surface area contributed by atoms with Crippen LogP contribution in [-0.4, -0.2) is 61.2 Å². The van der Waals surface area contributed by atoms with Crippen molar-refractivity contribution in [3.05, 3.63) is 62.1 Å². The van der Waals surface area contributed by atoms with Gasteiger partial charge in [0.05, 0.1) is 21.1 Å². The van der Waals surface area contributed by atoms with E-state index < -0.39 is 0 Å². The van der Waals surface area contributed by atoms with Gasteiger partial charge in [-0.1, -0.05) is 23.2 Å². The Bertz CT molecular complexity index is 1010. The second-order valence-corrected chi connectivity index (χ2v) is 8.70. The smallest absolute Gasteiger partial charge is 0.292 e. The second-order valence-electron chi connectivity index (χ2n) is 7.88. The lowest BCUT2D eigenvalue weighted by Gasteiger charge is -2.36. The van der Waals surface area contributed by atoms with E-state index in [4.69, 9.17) is 27.9 Å². The number of hydrogen-bond donors (Lipinski definition) is 1. The molecule has 0 aromatic heterocycles. The van der Waals surface area contributed by atoms with E-state index in [0.29, 0.717) is 54.0 Å². The summed E-state index contributed by atoms with van der Waals surface area (Å²) in [5.41, 5.74) is 1.91. The molecular weight excluding hydrogens is 455 g/mol. The van der Waals surface area contributed by atoms with Crippen LogP contribution < -0.4 is 10.2 Å². The molecule has 2 heterocycles.